The van der Waals surface area contributed by atoms with Gasteiger partial charge in [-0.05, 0) is 48.0 Å². The number of benzene rings is 2. The van der Waals surface area contributed by atoms with Gasteiger partial charge in [-0.2, -0.15) is 0 Å². The van der Waals surface area contributed by atoms with Gasteiger partial charge in [0.25, 0.3) is 0 Å². The number of fused-ring (bicyclic) bond motifs is 1. The Balaban J connectivity index is 1.62. The van der Waals surface area contributed by atoms with Crippen LogP contribution in [0.2, 0.25) is 0 Å². The number of carbonyl (C=O) groups excluding carboxylic acids is 2. The summed E-state index contributed by atoms with van der Waals surface area (Å²) in [6, 6.07) is 11.9. The minimum atomic E-state index is -0.421. The van der Waals surface area contributed by atoms with E-state index in [4.69, 9.17) is 9.47 Å². The zero-order chi connectivity index (χ0) is 16.9. The van der Waals surface area contributed by atoms with Gasteiger partial charge in [0.15, 0.2) is 11.5 Å². The lowest BCUT2D eigenvalue weighted by Crippen LogP contribution is -2.08. The van der Waals surface area contributed by atoms with E-state index in [9.17, 15) is 9.59 Å². The van der Waals surface area contributed by atoms with Gasteiger partial charge in [0.2, 0.25) is 12.7 Å². The van der Waals surface area contributed by atoms with Crippen molar-refractivity contribution in [3.8, 4) is 11.5 Å². The van der Waals surface area contributed by atoms with Gasteiger partial charge in [-0.15, -0.1) is 0 Å². The number of ether oxygens (including phenoxy) is 3. The molecule has 0 unspecified atom stereocenters. The van der Waals surface area contributed by atoms with Crippen molar-refractivity contribution in [2.45, 2.75) is 0 Å². The topological polar surface area (TPSA) is 73.9 Å². The zero-order valence-electron chi connectivity index (χ0n) is 12.9. The largest absolute Gasteiger partial charge is 0.465 e. The highest BCUT2D eigenvalue weighted by Crippen LogP contribution is 2.32. The maximum atomic E-state index is 11.9. The van der Waals surface area contributed by atoms with Crippen molar-refractivity contribution < 1.29 is 23.8 Å². The third kappa shape index (κ3) is 3.55. The summed E-state index contributed by atoms with van der Waals surface area (Å²) in [5, 5.41) is 2.71. The Labute approximate surface area is 138 Å². The molecule has 0 aliphatic carbocycles. The molecule has 0 saturated heterocycles. The van der Waals surface area contributed by atoms with E-state index in [2.05, 4.69) is 10.1 Å². The molecule has 0 spiro atoms. The lowest BCUT2D eigenvalue weighted by molar-refractivity contribution is -0.111. The monoisotopic (exact) mass is 325 g/mol. The van der Waals surface area contributed by atoms with Crippen LogP contribution in [0.1, 0.15) is 15.9 Å². The van der Waals surface area contributed by atoms with Crippen LogP contribution in [0.25, 0.3) is 6.08 Å². The molecule has 0 aromatic heterocycles. The number of methoxy groups -OCH3 is 1. The highest BCUT2D eigenvalue weighted by molar-refractivity contribution is 6.02. The first-order valence-electron chi connectivity index (χ1n) is 7.23. The first-order chi connectivity index (χ1) is 11.7. The van der Waals surface area contributed by atoms with Gasteiger partial charge >= 0.3 is 5.97 Å². The summed E-state index contributed by atoms with van der Waals surface area (Å²) in [4.78, 5) is 23.3. The van der Waals surface area contributed by atoms with Crippen LogP contribution >= 0.6 is 0 Å². The maximum absolute atomic E-state index is 11.9. The van der Waals surface area contributed by atoms with Crippen LogP contribution in [0, 0.1) is 0 Å². The van der Waals surface area contributed by atoms with E-state index in [1.165, 1.54) is 13.2 Å². The number of amides is 1. The molecule has 6 heteroatoms. The van der Waals surface area contributed by atoms with Gasteiger partial charge in [0.05, 0.1) is 12.7 Å². The quantitative estimate of drug-likeness (QED) is 0.691. The Hall–Kier alpha value is -3.28. The summed E-state index contributed by atoms with van der Waals surface area (Å²) in [5.41, 5.74) is 1.84. The van der Waals surface area contributed by atoms with Gasteiger partial charge in [-0.1, -0.05) is 6.07 Å². The second-order valence-electron chi connectivity index (χ2n) is 5.00. The summed E-state index contributed by atoms with van der Waals surface area (Å²) in [7, 11) is 1.32. The summed E-state index contributed by atoms with van der Waals surface area (Å²) >= 11 is 0. The molecule has 1 N–H and O–H groups in total. The maximum Gasteiger partial charge on any atom is 0.337 e. The van der Waals surface area contributed by atoms with E-state index in [0.717, 1.165) is 5.56 Å². The van der Waals surface area contributed by atoms with Crippen molar-refractivity contribution in [2.24, 2.45) is 0 Å². The Morgan fingerprint density at radius 1 is 1.08 bits per heavy atom. The fourth-order valence-corrected chi connectivity index (χ4v) is 2.18. The molecular formula is C18H15NO5. The van der Waals surface area contributed by atoms with Crippen molar-refractivity contribution in [1.82, 2.24) is 0 Å². The van der Waals surface area contributed by atoms with Crippen LogP contribution < -0.4 is 14.8 Å². The van der Waals surface area contributed by atoms with E-state index >= 15 is 0 Å². The molecule has 0 bridgehead atoms. The van der Waals surface area contributed by atoms with Crippen molar-refractivity contribution in [1.29, 1.82) is 0 Å². The summed E-state index contributed by atoms with van der Waals surface area (Å²) < 4.78 is 15.1. The number of esters is 1. The first kappa shape index (κ1) is 15.6. The Morgan fingerprint density at radius 3 is 2.58 bits per heavy atom. The highest BCUT2D eigenvalue weighted by atomic mass is 16.7. The lowest BCUT2D eigenvalue weighted by Gasteiger charge is -2.03. The Bertz CT molecular complexity index is 796. The molecule has 0 radical (unpaired) electrons. The van der Waals surface area contributed by atoms with Gasteiger partial charge in [-0.3, -0.25) is 4.79 Å². The Kier molecular flexibility index (Phi) is 4.47. The number of rotatable bonds is 4. The highest BCUT2D eigenvalue weighted by Gasteiger charge is 2.12. The molecule has 0 fully saturated rings. The Morgan fingerprint density at radius 2 is 1.83 bits per heavy atom. The van der Waals surface area contributed by atoms with Gasteiger partial charge in [0, 0.05) is 11.8 Å². The van der Waals surface area contributed by atoms with E-state index in [1.807, 2.05) is 6.07 Å². The number of nitrogens with one attached hydrogen (secondary N) is 1. The molecule has 1 aliphatic heterocycles. The predicted molar refractivity (Wildman–Crippen MR) is 88.0 cm³/mol. The lowest BCUT2D eigenvalue weighted by atomic mass is 10.2. The fourth-order valence-electron chi connectivity index (χ4n) is 2.18. The fraction of sp³-hybridized carbons (Fsp3) is 0.111. The molecule has 2 aromatic rings. The van der Waals surface area contributed by atoms with Crippen LogP contribution in [0.15, 0.2) is 48.5 Å². The zero-order valence-corrected chi connectivity index (χ0v) is 12.9. The van der Waals surface area contributed by atoms with Crippen molar-refractivity contribution in [3.63, 3.8) is 0 Å². The molecule has 0 atom stereocenters. The number of anilines is 1. The SMILES string of the molecule is COC(=O)c1ccc(NC(=O)/C=C/c2ccc3c(c2)OCO3)cc1. The van der Waals surface area contributed by atoms with Crippen LogP contribution in [0.3, 0.4) is 0 Å². The van der Waals surface area contributed by atoms with E-state index in [1.54, 1.807) is 42.5 Å². The summed E-state index contributed by atoms with van der Waals surface area (Å²) in [5.74, 6) is 0.660. The molecule has 3 rings (SSSR count). The van der Waals surface area contributed by atoms with Gasteiger partial charge < -0.3 is 19.5 Å². The van der Waals surface area contributed by atoms with E-state index in [0.29, 0.717) is 22.7 Å². The van der Waals surface area contributed by atoms with Crippen LogP contribution in [-0.2, 0) is 9.53 Å². The third-order valence-electron chi connectivity index (χ3n) is 3.40. The van der Waals surface area contributed by atoms with Gasteiger partial charge in [0.1, 0.15) is 0 Å². The molecule has 1 aliphatic rings. The summed E-state index contributed by atoms with van der Waals surface area (Å²) in [6.07, 6.45) is 3.10. The van der Waals surface area contributed by atoms with E-state index in [-0.39, 0.29) is 12.7 Å². The normalized spacial score (nSPS) is 12.2. The number of carbonyl (C=O) groups is 2. The minimum Gasteiger partial charge on any atom is -0.465 e. The average Bonchev–Trinajstić information content (AvgIpc) is 3.07. The van der Waals surface area contributed by atoms with Crippen LogP contribution in [-0.4, -0.2) is 25.8 Å². The second kappa shape index (κ2) is 6.87. The minimum absolute atomic E-state index is 0.213. The molecule has 2 aromatic carbocycles. The van der Waals surface area contributed by atoms with Crippen LogP contribution in [0.4, 0.5) is 5.69 Å². The second-order valence-corrected chi connectivity index (χ2v) is 5.00. The van der Waals surface area contributed by atoms with Crippen molar-refractivity contribution in [2.75, 3.05) is 19.2 Å². The van der Waals surface area contributed by atoms with Gasteiger partial charge in [-0.25, -0.2) is 4.79 Å². The molecular weight excluding hydrogens is 310 g/mol. The van der Waals surface area contributed by atoms with Crippen molar-refractivity contribution >= 4 is 23.6 Å². The standard InChI is InChI=1S/C18H15NO5/c1-22-18(21)13-4-6-14(7-5-13)19-17(20)9-3-12-2-8-15-16(10-12)24-11-23-15/h2-10H,11H2,1H3,(H,19,20)/b9-3+. The molecule has 24 heavy (non-hydrogen) atoms. The molecule has 1 heterocycles. The van der Waals surface area contributed by atoms with E-state index < -0.39 is 5.97 Å². The first-order valence-corrected chi connectivity index (χ1v) is 7.23. The van der Waals surface area contributed by atoms with Crippen molar-refractivity contribution in [3.05, 3.63) is 59.7 Å². The average molecular weight is 325 g/mol. The summed E-state index contributed by atoms with van der Waals surface area (Å²) in [6.45, 7) is 0.213. The third-order valence-corrected chi connectivity index (χ3v) is 3.40. The number of hydrogen-bond acceptors (Lipinski definition) is 5. The molecule has 1 amide bonds. The number of hydrogen-bond donors (Lipinski definition) is 1. The predicted octanol–water partition coefficient (Wildman–Crippen LogP) is 2.85. The molecule has 0 saturated carbocycles. The molecule has 122 valence electrons. The van der Waals surface area contributed by atoms with Crippen LogP contribution in [0.5, 0.6) is 11.5 Å². The molecule has 6 nitrogen and oxygen atoms in total. The smallest absolute Gasteiger partial charge is 0.337 e.